The van der Waals surface area contributed by atoms with Gasteiger partial charge in [-0.3, -0.25) is 14.3 Å². The van der Waals surface area contributed by atoms with Crippen molar-refractivity contribution in [2.75, 3.05) is 12.3 Å². The summed E-state index contributed by atoms with van der Waals surface area (Å²) in [6.07, 6.45) is 4.36. The standard InChI is InChI=1S/C18H18N4O/c1-11-17(19)14-4-2-3-5-16(14)22(11)18(23)15-10-21-9-12-8-20-7-6-13(12)15/h2-5,9-10,20H,6-8,19H2,1H3. The molecule has 0 bridgehead atoms. The molecular weight excluding hydrogens is 288 g/mol. The van der Waals surface area contributed by atoms with Crippen molar-refractivity contribution in [2.24, 2.45) is 0 Å². The van der Waals surface area contributed by atoms with E-state index in [4.69, 9.17) is 5.73 Å². The first kappa shape index (κ1) is 14.0. The van der Waals surface area contributed by atoms with Crippen molar-refractivity contribution in [1.82, 2.24) is 14.9 Å². The van der Waals surface area contributed by atoms with Gasteiger partial charge in [0.15, 0.2) is 0 Å². The van der Waals surface area contributed by atoms with E-state index < -0.39 is 0 Å². The smallest absolute Gasteiger partial charge is 0.264 e. The molecule has 3 N–H and O–H groups in total. The van der Waals surface area contributed by atoms with Gasteiger partial charge in [0.25, 0.3) is 5.91 Å². The van der Waals surface area contributed by atoms with Gasteiger partial charge in [-0.1, -0.05) is 18.2 Å². The molecule has 0 aliphatic carbocycles. The summed E-state index contributed by atoms with van der Waals surface area (Å²) in [4.78, 5) is 17.5. The number of nitrogen functional groups attached to an aromatic ring is 1. The summed E-state index contributed by atoms with van der Waals surface area (Å²) < 4.78 is 1.71. The minimum atomic E-state index is -0.0540. The lowest BCUT2D eigenvalue weighted by Crippen LogP contribution is -2.27. The quantitative estimate of drug-likeness (QED) is 0.723. The molecule has 2 aromatic heterocycles. The minimum absolute atomic E-state index is 0.0540. The number of pyridine rings is 1. The Morgan fingerprint density at radius 2 is 2.13 bits per heavy atom. The molecule has 0 atom stereocenters. The van der Waals surface area contributed by atoms with E-state index in [-0.39, 0.29) is 5.91 Å². The molecule has 0 spiro atoms. The third-order valence-electron chi connectivity index (χ3n) is 4.61. The summed E-state index contributed by atoms with van der Waals surface area (Å²) in [6, 6.07) is 7.74. The summed E-state index contributed by atoms with van der Waals surface area (Å²) in [6.45, 7) is 3.53. The third-order valence-corrected chi connectivity index (χ3v) is 4.61. The summed E-state index contributed by atoms with van der Waals surface area (Å²) in [5.74, 6) is -0.0540. The highest BCUT2D eigenvalue weighted by molar-refractivity contribution is 6.07. The highest BCUT2D eigenvalue weighted by Crippen LogP contribution is 2.29. The molecule has 1 aliphatic heterocycles. The molecule has 0 radical (unpaired) electrons. The summed E-state index contributed by atoms with van der Waals surface area (Å²) in [5.41, 5.74) is 11.4. The highest BCUT2D eigenvalue weighted by atomic mass is 16.2. The van der Waals surface area contributed by atoms with Crippen LogP contribution < -0.4 is 11.1 Å². The van der Waals surface area contributed by atoms with Crippen molar-refractivity contribution in [3.63, 3.8) is 0 Å². The van der Waals surface area contributed by atoms with E-state index in [2.05, 4.69) is 10.3 Å². The predicted molar refractivity (Wildman–Crippen MR) is 90.5 cm³/mol. The number of hydrogen-bond acceptors (Lipinski definition) is 4. The zero-order valence-corrected chi connectivity index (χ0v) is 13.0. The van der Waals surface area contributed by atoms with Gasteiger partial charge in [-0.2, -0.15) is 0 Å². The molecule has 0 unspecified atom stereocenters. The summed E-state index contributed by atoms with van der Waals surface area (Å²) >= 11 is 0. The molecule has 1 aromatic carbocycles. The number of nitrogens with one attached hydrogen (secondary N) is 1. The molecule has 5 nitrogen and oxygen atoms in total. The van der Waals surface area contributed by atoms with Crippen molar-refractivity contribution in [1.29, 1.82) is 0 Å². The monoisotopic (exact) mass is 306 g/mol. The topological polar surface area (TPSA) is 72.9 Å². The minimum Gasteiger partial charge on any atom is -0.397 e. The Morgan fingerprint density at radius 1 is 1.30 bits per heavy atom. The van der Waals surface area contributed by atoms with Gasteiger partial charge in [0, 0.05) is 30.0 Å². The first-order chi connectivity index (χ1) is 11.2. The number of aromatic nitrogens is 2. The maximum Gasteiger partial charge on any atom is 0.264 e. The fraction of sp³-hybridized carbons (Fsp3) is 0.222. The normalized spacial score (nSPS) is 14.0. The molecule has 1 aliphatic rings. The molecule has 3 heterocycles. The molecule has 0 fully saturated rings. The van der Waals surface area contributed by atoms with Crippen LogP contribution in [0.4, 0.5) is 5.69 Å². The second-order valence-corrected chi connectivity index (χ2v) is 5.91. The molecule has 116 valence electrons. The Morgan fingerprint density at radius 3 is 3.00 bits per heavy atom. The maximum atomic E-state index is 13.2. The highest BCUT2D eigenvalue weighted by Gasteiger charge is 2.23. The number of carbonyl (C=O) groups excluding carboxylic acids is 1. The molecule has 5 heteroatoms. The van der Waals surface area contributed by atoms with Gasteiger partial charge in [0.2, 0.25) is 0 Å². The van der Waals surface area contributed by atoms with Gasteiger partial charge in [-0.25, -0.2) is 0 Å². The van der Waals surface area contributed by atoms with Gasteiger partial charge in [-0.05, 0) is 37.1 Å². The first-order valence-electron chi connectivity index (χ1n) is 7.75. The zero-order valence-electron chi connectivity index (χ0n) is 13.0. The van der Waals surface area contributed by atoms with Gasteiger partial charge < -0.3 is 11.1 Å². The lowest BCUT2D eigenvalue weighted by Gasteiger charge is -2.19. The van der Waals surface area contributed by atoms with Gasteiger partial charge in [0.05, 0.1) is 16.8 Å². The number of carbonyl (C=O) groups is 1. The van der Waals surface area contributed by atoms with Crippen LogP contribution in [0, 0.1) is 6.92 Å². The zero-order chi connectivity index (χ0) is 16.0. The summed E-state index contributed by atoms with van der Waals surface area (Å²) in [7, 11) is 0. The van der Waals surface area contributed by atoms with Crippen LogP contribution in [0.2, 0.25) is 0 Å². The van der Waals surface area contributed by atoms with Crippen LogP contribution in [-0.4, -0.2) is 22.0 Å². The second kappa shape index (κ2) is 5.21. The predicted octanol–water partition coefficient (Wildman–Crippen LogP) is 2.26. The Labute approximate surface area is 134 Å². The molecular formula is C18H18N4O. The van der Waals surface area contributed by atoms with Crippen LogP contribution in [0.5, 0.6) is 0 Å². The van der Waals surface area contributed by atoms with E-state index >= 15 is 0 Å². The van der Waals surface area contributed by atoms with E-state index in [0.29, 0.717) is 11.3 Å². The SMILES string of the molecule is Cc1c(N)c2ccccc2n1C(=O)c1cncc2c1CCNC2. The molecule has 0 amide bonds. The lowest BCUT2D eigenvalue weighted by molar-refractivity contribution is 0.0961. The van der Waals surface area contributed by atoms with E-state index in [9.17, 15) is 4.79 Å². The van der Waals surface area contributed by atoms with Crippen molar-refractivity contribution in [3.8, 4) is 0 Å². The summed E-state index contributed by atoms with van der Waals surface area (Å²) in [5, 5.41) is 4.23. The number of hydrogen-bond donors (Lipinski definition) is 2. The van der Waals surface area contributed by atoms with Crippen molar-refractivity contribution < 1.29 is 4.79 Å². The van der Waals surface area contributed by atoms with Crippen LogP contribution >= 0.6 is 0 Å². The molecule has 4 rings (SSSR count). The van der Waals surface area contributed by atoms with Crippen LogP contribution in [0.1, 0.15) is 27.2 Å². The number of para-hydroxylation sites is 1. The van der Waals surface area contributed by atoms with Crippen molar-refractivity contribution >= 4 is 22.5 Å². The van der Waals surface area contributed by atoms with E-state index in [1.165, 1.54) is 0 Å². The van der Waals surface area contributed by atoms with Gasteiger partial charge >= 0.3 is 0 Å². The number of nitrogens with zero attached hydrogens (tertiary/aromatic N) is 2. The average molecular weight is 306 g/mol. The van der Waals surface area contributed by atoms with Crippen LogP contribution in [0.25, 0.3) is 10.9 Å². The van der Waals surface area contributed by atoms with Crippen molar-refractivity contribution in [2.45, 2.75) is 19.9 Å². The van der Waals surface area contributed by atoms with E-state index in [1.807, 2.05) is 37.4 Å². The van der Waals surface area contributed by atoms with E-state index in [1.54, 1.807) is 10.8 Å². The Hall–Kier alpha value is -2.66. The molecule has 0 saturated heterocycles. The lowest BCUT2D eigenvalue weighted by atomic mass is 9.98. The van der Waals surface area contributed by atoms with Gasteiger partial charge in [-0.15, -0.1) is 0 Å². The number of anilines is 1. The molecule has 3 aromatic rings. The number of rotatable bonds is 1. The van der Waals surface area contributed by atoms with Gasteiger partial charge in [0.1, 0.15) is 0 Å². The van der Waals surface area contributed by atoms with Crippen molar-refractivity contribution in [3.05, 3.63) is 59.0 Å². The van der Waals surface area contributed by atoms with Crippen LogP contribution in [-0.2, 0) is 13.0 Å². The number of nitrogens with two attached hydrogens (primary N) is 1. The van der Waals surface area contributed by atoms with E-state index in [0.717, 1.165) is 47.2 Å². The maximum absolute atomic E-state index is 13.2. The van der Waals surface area contributed by atoms with Crippen LogP contribution in [0.15, 0.2) is 36.7 Å². The molecule has 0 saturated carbocycles. The third kappa shape index (κ3) is 2.04. The Balaban J connectivity index is 1.93. The fourth-order valence-electron chi connectivity index (χ4n) is 3.37. The number of fused-ring (bicyclic) bond motifs is 2. The fourth-order valence-corrected chi connectivity index (χ4v) is 3.37. The Bertz CT molecular complexity index is 926. The van der Waals surface area contributed by atoms with Crippen LogP contribution in [0.3, 0.4) is 0 Å². The second-order valence-electron chi connectivity index (χ2n) is 5.91. The Kier molecular flexibility index (Phi) is 3.16. The average Bonchev–Trinajstić information content (AvgIpc) is 2.85. The molecule has 23 heavy (non-hydrogen) atoms. The number of benzene rings is 1. The first-order valence-corrected chi connectivity index (χ1v) is 7.75. The largest absolute Gasteiger partial charge is 0.397 e.